The Balaban J connectivity index is 2.27. The van der Waals surface area contributed by atoms with Crippen molar-refractivity contribution < 1.29 is 4.79 Å². The Morgan fingerprint density at radius 1 is 1.00 bits per heavy atom. The summed E-state index contributed by atoms with van der Waals surface area (Å²) in [5.74, 6) is -0.0394. The van der Waals surface area contributed by atoms with Crippen LogP contribution in [0.2, 0.25) is 0 Å². The van der Waals surface area contributed by atoms with Crippen molar-refractivity contribution in [3.05, 3.63) is 58.5 Å². The van der Waals surface area contributed by atoms with Gasteiger partial charge in [-0.3, -0.25) is 9.78 Å². The molecule has 19 heavy (non-hydrogen) atoms. The molecule has 0 aliphatic heterocycles. The highest BCUT2D eigenvalue weighted by Crippen LogP contribution is 2.37. The van der Waals surface area contributed by atoms with Crippen molar-refractivity contribution in [1.29, 1.82) is 0 Å². The summed E-state index contributed by atoms with van der Waals surface area (Å²) in [4.78, 5) is 21.3. The van der Waals surface area contributed by atoms with E-state index in [1.165, 1.54) is 0 Å². The first-order chi connectivity index (χ1) is 9.25. The molecular weight excluding hydrogens is 304 g/mol. The van der Waals surface area contributed by atoms with Crippen LogP contribution in [0.15, 0.2) is 47.2 Å². The van der Waals surface area contributed by atoms with Crippen molar-refractivity contribution in [1.82, 2.24) is 9.97 Å². The van der Waals surface area contributed by atoms with Crippen LogP contribution in [0.25, 0.3) is 22.0 Å². The molecule has 0 N–H and O–H groups in total. The summed E-state index contributed by atoms with van der Waals surface area (Å²) < 4.78 is 0.667. The van der Waals surface area contributed by atoms with Gasteiger partial charge in [0.15, 0.2) is 0 Å². The number of ketones is 1. The molecule has 0 spiro atoms. The Bertz CT molecular complexity index is 858. The number of nitrogens with zero attached hydrogens (tertiary/aromatic N) is 2. The van der Waals surface area contributed by atoms with E-state index < -0.39 is 0 Å². The van der Waals surface area contributed by atoms with Gasteiger partial charge in [-0.2, -0.15) is 0 Å². The Morgan fingerprint density at radius 3 is 2.63 bits per heavy atom. The van der Waals surface area contributed by atoms with Gasteiger partial charge in [-0.25, -0.2) is 4.98 Å². The number of rotatable bonds is 0. The minimum atomic E-state index is -0.0394. The summed E-state index contributed by atoms with van der Waals surface area (Å²) in [6, 6.07) is 11.3. The van der Waals surface area contributed by atoms with Crippen LogP contribution >= 0.6 is 15.9 Å². The van der Waals surface area contributed by atoms with E-state index in [2.05, 4.69) is 25.9 Å². The normalized spacial score (nSPS) is 12.6. The van der Waals surface area contributed by atoms with Crippen molar-refractivity contribution >= 4 is 32.5 Å². The first kappa shape index (κ1) is 10.8. The predicted molar refractivity (Wildman–Crippen MR) is 76.1 cm³/mol. The number of hydrogen-bond acceptors (Lipinski definition) is 3. The van der Waals surface area contributed by atoms with Gasteiger partial charge in [0.05, 0.1) is 5.69 Å². The predicted octanol–water partition coefficient (Wildman–Crippen LogP) is 3.60. The molecule has 0 saturated carbocycles. The number of pyridine rings is 2. The van der Waals surface area contributed by atoms with E-state index in [1.54, 1.807) is 6.20 Å². The summed E-state index contributed by atoms with van der Waals surface area (Å²) in [6.45, 7) is 0. The summed E-state index contributed by atoms with van der Waals surface area (Å²) in [5, 5.41) is 1.82. The van der Waals surface area contributed by atoms with Gasteiger partial charge < -0.3 is 0 Å². The summed E-state index contributed by atoms with van der Waals surface area (Å²) >= 11 is 3.36. The highest BCUT2D eigenvalue weighted by atomic mass is 79.9. The van der Waals surface area contributed by atoms with Gasteiger partial charge in [-0.15, -0.1) is 0 Å². The van der Waals surface area contributed by atoms with E-state index in [4.69, 9.17) is 0 Å². The number of carbonyl (C=O) groups excluding carboxylic acids is 1. The molecule has 4 heteroatoms. The average molecular weight is 311 g/mol. The molecule has 2 aromatic heterocycles. The lowest BCUT2D eigenvalue weighted by atomic mass is 9.89. The number of halogens is 1. The fourth-order valence-corrected chi connectivity index (χ4v) is 2.98. The summed E-state index contributed by atoms with van der Waals surface area (Å²) in [7, 11) is 0. The molecule has 0 fully saturated rings. The maximum absolute atomic E-state index is 12.5. The molecule has 1 aliphatic carbocycles. The minimum absolute atomic E-state index is 0.0394. The molecule has 2 heterocycles. The number of fused-ring (bicyclic) bond motifs is 2. The molecule has 3 aromatic rings. The van der Waals surface area contributed by atoms with Gasteiger partial charge in [-0.1, -0.05) is 24.3 Å². The monoisotopic (exact) mass is 310 g/mol. The van der Waals surface area contributed by atoms with E-state index in [1.807, 2.05) is 36.4 Å². The van der Waals surface area contributed by atoms with Crippen LogP contribution in [0.3, 0.4) is 0 Å². The molecule has 0 amide bonds. The molecule has 3 nitrogen and oxygen atoms in total. The van der Waals surface area contributed by atoms with Crippen LogP contribution in [0, 0.1) is 0 Å². The topological polar surface area (TPSA) is 42.9 Å². The molecule has 0 unspecified atom stereocenters. The average Bonchev–Trinajstić information content (AvgIpc) is 2.44. The van der Waals surface area contributed by atoms with Crippen LogP contribution in [-0.2, 0) is 0 Å². The Labute approximate surface area is 117 Å². The van der Waals surface area contributed by atoms with Crippen LogP contribution in [0.4, 0.5) is 0 Å². The molecule has 0 atom stereocenters. The fraction of sp³-hybridized carbons (Fsp3) is 0. The lowest BCUT2D eigenvalue weighted by Crippen LogP contribution is -2.12. The Kier molecular flexibility index (Phi) is 2.11. The third-order valence-corrected chi connectivity index (χ3v) is 3.76. The molecule has 0 radical (unpaired) electrons. The number of carbonyl (C=O) groups is 1. The number of benzene rings is 1. The standard InChI is InChI=1S/C15H7BrN2O/c16-11-7-8-5-6-17-13-9-3-1-2-4-10(9)15(19)14(18-11)12(8)13/h1-7H. The third-order valence-electron chi connectivity index (χ3n) is 3.36. The van der Waals surface area contributed by atoms with Gasteiger partial charge in [0.2, 0.25) is 5.78 Å². The lowest BCUT2D eigenvalue weighted by Gasteiger charge is -2.17. The molecular formula is C15H7BrN2O. The zero-order valence-electron chi connectivity index (χ0n) is 9.72. The Hall–Kier alpha value is -2.07. The lowest BCUT2D eigenvalue weighted by molar-refractivity contribution is 0.103. The molecule has 1 aliphatic rings. The fourth-order valence-electron chi connectivity index (χ4n) is 2.55. The van der Waals surface area contributed by atoms with Crippen LogP contribution in [0.5, 0.6) is 0 Å². The maximum atomic E-state index is 12.5. The van der Waals surface area contributed by atoms with Gasteiger partial charge in [0.25, 0.3) is 0 Å². The zero-order chi connectivity index (χ0) is 13.0. The number of hydrogen-bond donors (Lipinski definition) is 0. The maximum Gasteiger partial charge on any atom is 0.212 e. The quantitative estimate of drug-likeness (QED) is 0.466. The molecule has 90 valence electrons. The Morgan fingerprint density at radius 2 is 1.79 bits per heavy atom. The second-order valence-electron chi connectivity index (χ2n) is 4.43. The highest BCUT2D eigenvalue weighted by Gasteiger charge is 2.27. The summed E-state index contributed by atoms with van der Waals surface area (Å²) in [5.41, 5.74) is 2.86. The largest absolute Gasteiger partial charge is 0.287 e. The van der Waals surface area contributed by atoms with Crippen molar-refractivity contribution in [2.75, 3.05) is 0 Å². The van der Waals surface area contributed by atoms with Crippen LogP contribution in [0.1, 0.15) is 16.1 Å². The number of aromatic nitrogens is 2. The van der Waals surface area contributed by atoms with Crippen molar-refractivity contribution in [2.24, 2.45) is 0 Å². The van der Waals surface area contributed by atoms with Gasteiger partial charge in [0, 0.05) is 22.7 Å². The summed E-state index contributed by atoms with van der Waals surface area (Å²) in [6.07, 6.45) is 1.76. The van der Waals surface area contributed by atoms with E-state index in [-0.39, 0.29) is 5.78 Å². The zero-order valence-corrected chi connectivity index (χ0v) is 11.3. The first-order valence-corrected chi connectivity index (χ1v) is 6.64. The molecule has 4 rings (SSSR count). The molecule has 0 bridgehead atoms. The smallest absolute Gasteiger partial charge is 0.212 e. The van der Waals surface area contributed by atoms with Crippen molar-refractivity contribution in [3.63, 3.8) is 0 Å². The second-order valence-corrected chi connectivity index (χ2v) is 5.24. The van der Waals surface area contributed by atoms with Crippen molar-refractivity contribution in [2.45, 2.75) is 0 Å². The van der Waals surface area contributed by atoms with Gasteiger partial charge >= 0.3 is 0 Å². The third kappa shape index (κ3) is 1.40. The SMILES string of the molecule is O=C1c2ccccc2-c2nccc3cc(Br)nc1c23. The van der Waals surface area contributed by atoms with Gasteiger partial charge in [0.1, 0.15) is 10.3 Å². The van der Waals surface area contributed by atoms with E-state index in [9.17, 15) is 4.79 Å². The van der Waals surface area contributed by atoms with E-state index >= 15 is 0 Å². The first-order valence-electron chi connectivity index (χ1n) is 5.85. The second kappa shape index (κ2) is 3.71. The minimum Gasteiger partial charge on any atom is -0.287 e. The van der Waals surface area contributed by atoms with E-state index in [0.29, 0.717) is 15.9 Å². The molecule has 1 aromatic carbocycles. The molecule has 0 saturated heterocycles. The highest BCUT2D eigenvalue weighted by molar-refractivity contribution is 9.10. The van der Waals surface area contributed by atoms with E-state index in [0.717, 1.165) is 22.0 Å². The van der Waals surface area contributed by atoms with Crippen LogP contribution < -0.4 is 0 Å². The van der Waals surface area contributed by atoms with Crippen molar-refractivity contribution in [3.8, 4) is 11.3 Å². The van der Waals surface area contributed by atoms with Crippen LogP contribution in [-0.4, -0.2) is 15.8 Å². The van der Waals surface area contributed by atoms with Gasteiger partial charge in [-0.05, 0) is 33.4 Å².